The van der Waals surface area contributed by atoms with Crippen LogP contribution in [0.1, 0.15) is 26.7 Å². The van der Waals surface area contributed by atoms with E-state index in [0.29, 0.717) is 0 Å². The van der Waals surface area contributed by atoms with Crippen LogP contribution in [-0.4, -0.2) is 36.6 Å². The number of hydrogen-bond donors (Lipinski definition) is 0. The summed E-state index contributed by atoms with van der Waals surface area (Å²) in [5.74, 6) is -0.125. The highest BCUT2D eigenvalue weighted by atomic mass is 16.5. The molecule has 1 fully saturated rings. The molecule has 1 aliphatic heterocycles. The molecule has 1 unspecified atom stereocenters. The Balaban J connectivity index is 2.96. The first-order valence-electron chi connectivity index (χ1n) is 5.10. The third kappa shape index (κ3) is 1.57. The van der Waals surface area contributed by atoms with Crippen LogP contribution >= 0.6 is 0 Å². The van der Waals surface area contributed by atoms with Crippen molar-refractivity contribution < 1.29 is 9.53 Å². The zero-order chi connectivity index (χ0) is 10.8. The van der Waals surface area contributed by atoms with Crippen LogP contribution < -0.4 is 0 Å². The molecule has 1 aliphatic rings. The van der Waals surface area contributed by atoms with Gasteiger partial charge in [-0.2, -0.15) is 0 Å². The molecule has 1 rings (SSSR count). The third-order valence-electron chi connectivity index (χ3n) is 3.09. The molecule has 0 spiro atoms. The van der Waals surface area contributed by atoms with Crippen LogP contribution in [0.2, 0.25) is 0 Å². The first kappa shape index (κ1) is 11.2. The molecular formula is C11H19NO2. The van der Waals surface area contributed by atoms with E-state index in [4.69, 9.17) is 4.74 Å². The van der Waals surface area contributed by atoms with Crippen molar-refractivity contribution in [1.82, 2.24) is 4.90 Å². The number of carbonyl (C=O) groups excluding carboxylic acids is 1. The van der Waals surface area contributed by atoms with E-state index in [2.05, 4.69) is 18.4 Å². The van der Waals surface area contributed by atoms with Crippen molar-refractivity contribution in [3.63, 3.8) is 0 Å². The van der Waals surface area contributed by atoms with Crippen molar-refractivity contribution in [2.24, 2.45) is 0 Å². The Morgan fingerprint density at radius 1 is 1.64 bits per heavy atom. The van der Waals surface area contributed by atoms with Gasteiger partial charge in [-0.25, -0.2) is 0 Å². The van der Waals surface area contributed by atoms with Crippen molar-refractivity contribution in [3.8, 4) is 0 Å². The summed E-state index contributed by atoms with van der Waals surface area (Å²) in [5.41, 5.74) is 0.680. The smallest absolute Gasteiger partial charge is 0.326 e. The summed E-state index contributed by atoms with van der Waals surface area (Å²) in [7, 11) is 1.45. The maximum Gasteiger partial charge on any atom is 0.326 e. The van der Waals surface area contributed by atoms with E-state index in [1.165, 1.54) is 7.11 Å². The average Bonchev–Trinajstić information content (AvgIpc) is 2.54. The summed E-state index contributed by atoms with van der Waals surface area (Å²) in [5, 5.41) is 0. The monoisotopic (exact) mass is 197 g/mol. The van der Waals surface area contributed by atoms with Gasteiger partial charge in [-0.05, 0) is 19.4 Å². The summed E-state index contributed by atoms with van der Waals surface area (Å²) >= 11 is 0. The van der Waals surface area contributed by atoms with Crippen LogP contribution in [0.3, 0.4) is 0 Å². The topological polar surface area (TPSA) is 29.5 Å². The van der Waals surface area contributed by atoms with E-state index in [0.717, 1.165) is 31.5 Å². The van der Waals surface area contributed by atoms with E-state index in [1.807, 2.05) is 6.92 Å². The number of rotatable bonds is 3. The quantitative estimate of drug-likeness (QED) is 0.508. The Bertz CT molecular complexity index is 250. The molecule has 0 aliphatic carbocycles. The normalized spacial score (nSPS) is 28.1. The van der Waals surface area contributed by atoms with Crippen LogP contribution in [0, 0.1) is 0 Å². The van der Waals surface area contributed by atoms with Crippen molar-refractivity contribution in [2.45, 2.75) is 32.2 Å². The Hall–Kier alpha value is -0.830. The van der Waals surface area contributed by atoms with Crippen LogP contribution in [0.5, 0.6) is 0 Å². The molecule has 1 heterocycles. The van der Waals surface area contributed by atoms with Crippen LogP contribution in [0.4, 0.5) is 0 Å². The van der Waals surface area contributed by atoms with E-state index in [-0.39, 0.29) is 5.97 Å². The molecule has 0 N–H and O–H groups in total. The summed E-state index contributed by atoms with van der Waals surface area (Å²) in [6, 6.07) is 0. The highest BCUT2D eigenvalue weighted by molar-refractivity contribution is 5.82. The minimum absolute atomic E-state index is 0.125. The predicted molar refractivity (Wildman–Crippen MR) is 56.0 cm³/mol. The number of nitrogens with zero attached hydrogens (tertiary/aromatic N) is 1. The van der Waals surface area contributed by atoms with Gasteiger partial charge in [0.25, 0.3) is 0 Å². The molecule has 0 bridgehead atoms. The predicted octanol–water partition coefficient (Wildman–Crippen LogP) is 1.59. The largest absolute Gasteiger partial charge is 0.468 e. The SMILES string of the molecule is C=C1CN(CC)C(CC)(C(=O)OC)C1. The number of carbonyl (C=O) groups is 1. The molecule has 0 aromatic carbocycles. The lowest BCUT2D eigenvalue weighted by Gasteiger charge is -2.33. The fourth-order valence-electron chi connectivity index (χ4n) is 2.30. The Kier molecular flexibility index (Phi) is 3.32. The first-order valence-corrected chi connectivity index (χ1v) is 5.10. The van der Waals surface area contributed by atoms with E-state index in [1.54, 1.807) is 0 Å². The highest BCUT2D eigenvalue weighted by Crippen LogP contribution is 2.35. The van der Waals surface area contributed by atoms with Gasteiger partial charge in [-0.1, -0.05) is 26.0 Å². The first-order chi connectivity index (χ1) is 6.60. The molecule has 80 valence electrons. The average molecular weight is 197 g/mol. The molecule has 3 nitrogen and oxygen atoms in total. The number of ether oxygens (including phenoxy) is 1. The summed E-state index contributed by atoms with van der Waals surface area (Å²) < 4.78 is 4.89. The molecule has 0 aromatic heterocycles. The number of likely N-dealkylation sites (tertiary alicyclic amines) is 1. The summed E-state index contributed by atoms with van der Waals surface area (Å²) in [6.07, 6.45) is 1.52. The number of likely N-dealkylation sites (N-methyl/N-ethyl adjacent to an activating group) is 1. The summed E-state index contributed by atoms with van der Waals surface area (Å²) in [6.45, 7) is 9.73. The minimum atomic E-state index is -0.444. The lowest BCUT2D eigenvalue weighted by molar-refractivity contribution is -0.153. The van der Waals surface area contributed by atoms with Crippen molar-refractivity contribution in [1.29, 1.82) is 0 Å². The minimum Gasteiger partial charge on any atom is -0.468 e. The number of esters is 1. The van der Waals surface area contributed by atoms with Gasteiger partial charge in [0.05, 0.1) is 7.11 Å². The highest BCUT2D eigenvalue weighted by Gasteiger charge is 2.47. The molecule has 0 amide bonds. The number of methoxy groups -OCH3 is 1. The second-order valence-electron chi connectivity index (χ2n) is 3.82. The molecule has 0 saturated carbocycles. The maximum absolute atomic E-state index is 11.8. The third-order valence-corrected chi connectivity index (χ3v) is 3.09. The van der Waals surface area contributed by atoms with Crippen molar-refractivity contribution >= 4 is 5.97 Å². The van der Waals surface area contributed by atoms with Gasteiger partial charge in [0, 0.05) is 6.54 Å². The molecule has 14 heavy (non-hydrogen) atoms. The fraction of sp³-hybridized carbons (Fsp3) is 0.727. The number of hydrogen-bond acceptors (Lipinski definition) is 3. The fourth-order valence-corrected chi connectivity index (χ4v) is 2.30. The van der Waals surface area contributed by atoms with Crippen molar-refractivity contribution in [2.75, 3.05) is 20.2 Å². The van der Waals surface area contributed by atoms with Gasteiger partial charge in [0.1, 0.15) is 5.54 Å². The zero-order valence-electron chi connectivity index (χ0n) is 9.30. The molecule has 1 atom stereocenters. The van der Waals surface area contributed by atoms with Gasteiger partial charge in [0.2, 0.25) is 0 Å². The Labute approximate surface area is 85.7 Å². The Morgan fingerprint density at radius 2 is 2.29 bits per heavy atom. The second-order valence-corrected chi connectivity index (χ2v) is 3.82. The van der Waals surface area contributed by atoms with Gasteiger partial charge < -0.3 is 4.74 Å². The van der Waals surface area contributed by atoms with E-state index < -0.39 is 5.54 Å². The van der Waals surface area contributed by atoms with Crippen LogP contribution in [-0.2, 0) is 9.53 Å². The molecular weight excluding hydrogens is 178 g/mol. The van der Waals surface area contributed by atoms with Crippen molar-refractivity contribution in [3.05, 3.63) is 12.2 Å². The molecule has 1 saturated heterocycles. The van der Waals surface area contributed by atoms with Gasteiger partial charge in [0.15, 0.2) is 0 Å². The van der Waals surface area contributed by atoms with Gasteiger partial charge in [-0.15, -0.1) is 0 Å². The second kappa shape index (κ2) is 4.13. The lowest BCUT2D eigenvalue weighted by atomic mass is 9.92. The lowest BCUT2D eigenvalue weighted by Crippen LogP contribution is -2.50. The standard InChI is InChI=1S/C11H19NO2/c1-5-11(10(13)14-4)7-9(3)8-12(11)6-2/h3,5-8H2,1-2,4H3. The molecule has 3 heteroatoms. The van der Waals surface area contributed by atoms with Gasteiger partial charge >= 0.3 is 5.97 Å². The van der Waals surface area contributed by atoms with E-state index in [9.17, 15) is 4.79 Å². The molecule has 0 aromatic rings. The molecule has 0 radical (unpaired) electrons. The van der Waals surface area contributed by atoms with E-state index >= 15 is 0 Å². The van der Waals surface area contributed by atoms with Gasteiger partial charge in [-0.3, -0.25) is 9.69 Å². The maximum atomic E-state index is 11.8. The Morgan fingerprint density at radius 3 is 2.71 bits per heavy atom. The zero-order valence-corrected chi connectivity index (χ0v) is 9.30. The van der Waals surface area contributed by atoms with Crippen LogP contribution in [0.15, 0.2) is 12.2 Å². The van der Waals surface area contributed by atoms with Crippen LogP contribution in [0.25, 0.3) is 0 Å². The summed E-state index contributed by atoms with van der Waals surface area (Å²) in [4.78, 5) is 13.9.